The lowest BCUT2D eigenvalue weighted by atomic mass is 10.3. The molecule has 0 radical (unpaired) electrons. The van der Waals surface area contributed by atoms with Crippen molar-refractivity contribution < 1.29 is 14.6 Å². The summed E-state index contributed by atoms with van der Waals surface area (Å²) >= 11 is 0. The van der Waals surface area contributed by atoms with E-state index in [9.17, 15) is 4.79 Å². The largest absolute Gasteiger partial charge is 0.478 e. The maximum absolute atomic E-state index is 10.2. The van der Waals surface area contributed by atoms with Crippen LogP contribution in [0.15, 0.2) is 12.2 Å². The van der Waals surface area contributed by atoms with Gasteiger partial charge in [0, 0.05) is 32.3 Å². The van der Waals surface area contributed by atoms with Crippen LogP contribution in [0.2, 0.25) is 0 Å². The van der Waals surface area contributed by atoms with E-state index in [1.54, 1.807) is 6.08 Å². The van der Waals surface area contributed by atoms with E-state index in [2.05, 4.69) is 4.90 Å². The summed E-state index contributed by atoms with van der Waals surface area (Å²) in [5.41, 5.74) is 0. The van der Waals surface area contributed by atoms with Gasteiger partial charge < -0.3 is 9.84 Å². The number of ether oxygens (including phenoxy) is 1. The van der Waals surface area contributed by atoms with Gasteiger partial charge in [-0.1, -0.05) is 6.08 Å². The zero-order chi connectivity index (χ0) is 10.4. The zero-order valence-corrected chi connectivity index (χ0v) is 8.48. The minimum absolute atomic E-state index is 0.246. The Labute approximate surface area is 84.2 Å². The van der Waals surface area contributed by atoms with Crippen LogP contribution in [0.5, 0.6) is 0 Å². The van der Waals surface area contributed by atoms with Crippen molar-refractivity contribution in [2.75, 3.05) is 26.2 Å². The van der Waals surface area contributed by atoms with Crippen molar-refractivity contribution in [3.63, 3.8) is 0 Å². The summed E-state index contributed by atoms with van der Waals surface area (Å²) in [5.74, 6) is -0.885. The van der Waals surface area contributed by atoms with Crippen molar-refractivity contribution in [1.29, 1.82) is 0 Å². The Balaban J connectivity index is 2.31. The van der Waals surface area contributed by atoms with Crippen molar-refractivity contribution in [2.24, 2.45) is 0 Å². The van der Waals surface area contributed by atoms with Crippen LogP contribution in [-0.2, 0) is 9.53 Å². The number of carboxylic acid groups (broad SMARTS) is 1. The maximum Gasteiger partial charge on any atom is 0.328 e. The second-order valence-corrected chi connectivity index (χ2v) is 3.54. The van der Waals surface area contributed by atoms with Crippen LogP contribution in [0.25, 0.3) is 0 Å². The molecule has 1 unspecified atom stereocenters. The molecule has 1 aliphatic heterocycles. The van der Waals surface area contributed by atoms with Crippen LogP contribution in [0.3, 0.4) is 0 Å². The van der Waals surface area contributed by atoms with Gasteiger partial charge in [-0.3, -0.25) is 4.90 Å². The summed E-state index contributed by atoms with van der Waals surface area (Å²) in [5, 5.41) is 8.42. The van der Waals surface area contributed by atoms with E-state index in [1.807, 2.05) is 6.92 Å². The Morgan fingerprint density at radius 3 is 3.21 bits per heavy atom. The van der Waals surface area contributed by atoms with Gasteiger partial charge in [-0.05, 0) is 13.3 Å². The first-order valence-electron chi connectivity index (χ1n) is 4.92. The standard InChI is InChI=1S/C10H17NO3/c1-9-8-11(6-3-7-14-9)5-2-4-10(12)13/h2,4,9H,3,5-8H2,1H3,(H,12,13)/b4-2+. The lowest BCUT2D eigenvalue weighted by molar-refractivity contribution is -0.131. The summed E-state index contributed by atoms with van der Waals surface area (Å²) in [7, 11) is 0. The summed E-state index contributed by atoms with van der Waals surface area (Å²) < 4.78 is 5.48. The molecule has 0 bridgehead atoms. The number of carbonyl (C=O) groups is 1. The van der Waals surface area contributed by atoms with E-state index in [-0.39, 0.29) is 6.10 Å². The van der Waals surface area contributed by atoms with Crippen LogP contribution in [0.4, 0.5) is 0 Å². The predicted molar refractivity (Wildman–Crippen MR) is 53.2 cm³/mol. The fraction of sp³-hybridized carbons (Fsp3) is 0.700. The number of rotatable bonds is 3. The minimum Gasteiger partial charge on any atom is -0.478 e. The average Bonchev–Trinajstić information content (AvgIpc) is 2.29. The molecule has 14 heavy (non-hydrogen) atoms. The first-order chi connectivity index (χ1) is 6.68. The Morgan fingerprint density at radius 1 is 1.71 bits per heavy atom. The van der Waals surface area contributed by atoms with E-state index in [0.29, 0.717) is 6.54 Å². The topological polar surface area (TPSA) is 49.8 Å². The quantitative estimate of drug-likeness (QED) is 0.681. The molecule has 0 saturated carbocycles. The smallest absolute Gasteiger partial charge is 0.328 e. The van der Waals surface area contributed by atoms with Gasteiger partial charge in [-0.2, -0.15) is 0 Å². The van der Waals surface area contributed by atoms with Gasteiger partial charge >= 0.3 is 5.97 Å². The van der Waals surface area contributed by atoms with Gasteiger partial charge in [-0.25, -0.2) is 4.79 Å². The Kier molecular flexibility index (Phi) is 4.62. The van der Waals surface area contributed by atoms with Crippen molar-refractivity contribution in [3.8, 4) is 0 Å². The molecular formula is C10H17NO3. The van der Waals surface area contributed by atoms with Gasteiger partial charge in [0.25, 0.3) is 0 Å². The molecule has 1 heterocycles. The normalized spacial score (nSPS) is 25.1. The highest BCUT2D eigenvalue weighted by Gasteiger charge is 2.13. The van der Waals surface area contributed by atoms with Crippen LogP contribution in [0.1, 0.15) is 13.3 Å². The fourth-order valence-corrected chi connectivity index (χ4v) is 1.55. The van der Waals surface area contributed by atoms with Crippen LogP contribution < -0.4 is 0 Å². The number of hydrogen-bond donors (Lipinski definition) is 1. The number of hydrogen-bond acceptors (Lipinski definition) is 3. The first kappa shape index (κ1) is 11.2. The SMILES string of the molecule is CC1CN(C/C=C/C(=O)O)CCCO1. The molecule has 0 amide bonds. The molecule has 4 nitrogen and oxygen atoms in total. The molecule has 1 N–H and O–H groups in total. The zero-order valence-electron chi connectivity index (χ0n) is 8.48. The summed E-state index contributed by atoms with van der Waals surface area (Å²) in [6, 6.07) is 0. The molecule has 1 atom stereocenters. The van der Waals surface area contributed by atoms with Crippen molar-refractivity contribution in [2.45, 2.75) is 19.4 Å². The van der Waals surface area contributed by atoms with Crippen LogP contribution in [0, 0.1) is 0 Å². The summed E-state index contributed by atoms with van der Waals surface area (Å²) in [4.78, 5) is 12.4. The van der Waals surface area contributed by atoms with Crippen molar-refractivity contribution in [3.05, 3.63) is 12.2 Å². The molecule has 1 aliphatic rings. The Hall–Kier alpha value is -0.870. The van der Waals surface area contributed by atoms with E-state index < -0.39 is 5.97 Å². The third-order valence-corrected chi connectivity index (χ3v) is 2.16. The molecule has 4 heteroatoms. The Bertz CT molecular complexity index is 215. The highest BCUT2D eigenvalue weighted by Crippen LogP contribution is 2.04. The fourth-order valence-electron chi connectivity index (χ4n) is 1.55. The molecule has 0 aliphatic carbocycles. The Morgan fingerprint density at radius 2 is 2.50 bits per heavy atom. The van der Waals surface area contributed by atoms with E-state index in [4.69, 9.17) is 9.84 Å². The third-order valence-electron chi connectivity index (χ3n) is 2.16. The highest BCUT2D eigenvalue weighted by molar-refractivity contribution is 5.79. The number of carboxylic acids is 1. The monoisotopic (exact) mass is 199 g/mol. The summed E-state index contributed by atoms with van der Waals surface area (Å²) in [6.07, 6.45) is 4.14. The molecule has 80 valence electrons. The lowest BCUT2D eigenvalue weighted by Gasteiger charge is -2.19. The van der Waals surface area contributed by atoms with Crippen LogP contribution in [-0.4, -0.2) is 48.3 Å². The molecule has 1 saturated heterocycles. The average molecular weight is 199 g/mol. The van der Waals surface area contributed by atoms with Crippen molar-refractivity contribution >= 4 is 5.97 Å². The minimum atomic E-state index is -0.885. The second kappa shape index (κ2) is 5.78. The van der Waals surface area contributed by atoms with E-state index >= 15 is 0 Å². The van der Waals surface area contributed by atoms with Gasteiger partial charge in [0.05, 0.1) is 6.10 Å². The number of nitrogens with zero attached hydrogens (tertiary/aromatic N) is 1. The third kappa shape index (κ3) is 4.39. The second-order valence-electron chi connectivity index (χ2n) is 3.54. The lowest BCUT2D eigenvalue weighted by Crippen LogP contribution is -2.30. The molecule has 0 aromatic heterocycles. The molecule has 1 rings (SSSR count). The van der Waals surface area contributed by atoms with Gasteiger partial charge in [0.1, 0.15) is 0 Å². The van der Waals surface area contributed by atoms with E-state index in [0.717, 1.165) is 26.1 Å². The molecular weight excluding hydrogens is 182 g/mol. The molecule has 0 spiro atoms. The first-order valence-corrected chi connectivity index (χ1v) is 4.92. The van der Waals surface area contributed by atoms with Gasteiger partial charge in [-0.15, -0.1) is 0 Å². The summed E-state index contributed by atoms with van der Waals surface area (Å²) in [6.45, 7) is 5.40. The van der Waals surface area contributed by atoms with Gasteiger partial charge in [0.15, 0.2) is 0 Å². The highest BCUT2D eigenvalue weighted by atomic mass is 16.5. The van der Waals surface area contributed by atoms with Crippen LogP contribution >= 0.6 is 0 Å². The van der Waals surface area contributed by atoms with Gasteiger partial charge in [0.2, 0.25) is 0 Å². The van der Waals surface area contributed by atoms with E-state index in [1.165, 1.54) is 6.08 Å². The molecule has 0 aromatic carbocycles. The molecule has 0 aromatic rings. The molecule has 1 fully saturated rings. The predicted octanol–water partition coefficient (Wildman–Crippen LogP) is 0.738. The number of aliphatic carboxylic acids is 1. The van der Waals surface area contributed by atoms with Crippen molar-refractivity contribution in [1.82, 2.24) is 4.90 Å². The maximum atomic E-state index is 10.2.